The number of anilines is 1. The van der Waals surface area contributed by atoms with Crippen LogP contribution in [0.15, 0.2) is 15.6 Å². The Bertz CT molecular complexity index is 935. The molecule has 0 spiro atoms. The molecule has 0 saturated carbocycles. The molecule has 10 nitrogen and oxygen atoms in total. The number of carboxylic acids is 1. The minimum absolute atomic E-state index is 0. The summed E-state index contributed by atoms with van der Waals surface area (Å²) in [5, 5.41) is 20.5. The third-order valence-electron chi connectivity index (χ3n) is 5.11. The molecular formula is C16H18N5NaO5S2. The summed E-state index contributed by atoms with van der Waals surface area (Å²) in [6.07, 6.45) is 0.515. The Morgan fingerprint density at radius 2 is 2.03 bits per heavy atom. The monoisotopic (exact) mass is 447 g/mol. The standard InChI is InChI=1S/C16H17N5O5S2.Na.H/c1-6(22)17-15-18-19-16(28-15)27-5-9-3-8-4-20(7(2)23)12-10(8)21(13(12)24)11(9)14(25)26;;/h8,10,12H,3-5H2,1-2H3,(H,25,26)(H,17,18,22);;/t8-,10-,12+;;/m1../s1. The molecule has 0 aliphatic carbocycles. The van der Waals surface area contributed by atoms with Crippen molar-refractivity contribution < 1.29 is 24.3 Å². The molecule has 0 bridgehead atoms. The van der Waals surface area contributed by atoms with Gasteiger partial charge in [-0.25, -0.2) is 4.79 Å². The van der Waals surface area contributed by atoms with E-state index in [9.17, 15) is 24.3 Å². The number of thioether (sulfide) groups is 1. The normalized spacial score (nSPS) is 24.6. The van der Waals surface area contributed by atoms with Crippen LogP contribution in [0.3, 0.4) is 0 Å². The number of carbonyl (C=O) groups excluding carboxylic acids is 3. The SMILES string of the molecule is CC(=O)Nc1nnc(SCC2=C(C(=O)O)N3C(=O)[C@@H]4[C@H]3[C@H](C2)CN4C(C)=O)s1.[NaH]. The van der Waals surface area contributed by atoms with E-state index in [1.807, 2.05) is 0 Å². The Morgan fingerprint density at radius 1 is 1.31 bits per heavy atom. The Hall–Kier alpha value is -1.47. The van der Waals surface area contributed by atoms with Crippen LogP contribution in [0.25, 0.3) is 0 Å². The molecule has 4 heterocycles. The Morgan fingerprint density at radius 3 is 2.66 bits per heavy atom. The van der Waals surface area contributed by atoms with Crippen molar-refractivity contribution in [3.8, 4) is 0 Å². The summed E-state index contributed by atoms with van der Waals surface area (Å²) in [5.41, 5.74) is 0.666. The molecule has 2 N–H and O–H groups in total. The van der Waals surface area contributed by atoms with Crippen molar-refractivity contribution in [2.45, 2.75) is 36.7 Å². The van der Waals surface area contributed by atoms with Gasteiger partial charge in [0.1, 0.15) is 11.7 Å². The summed E-state index contributed by atoms with van der Waals surface area (Å²) in [4.78, 5) is 50.3. The minimum atomic E-state index is -1.14. The molecule has 1 aromatic rings. The van der Waals surface area contributed by atoms with Crippen LogP contribution >= 0.6 is 23.1 Å². The number of nitrogens with zero attached hydrogens (tertiary/aromatic N) is 4. The molecule has 150 valence electrons. The third-order valence-corrected chi connectivity index (χ3v) is 7.17. The fourth-order valence-corrected chi connectivity index (χ4v) is 5.93. The number of hydrogen-bond donors (Lipinski definition) is 2. The van der Waals surface area contributed by atoms with Crippen molar-refractivity contribution in [1.82, 2.24) is 20.0 Å². The van der Waals surface area contributed by atoms with E-state index < -0.39 is 12.0 Å². The maximum atomic E-state index is 12.6. The molecule has 3 amide bonds. The molecule has 13 heteroatoms. The molecular weight excluding hydrogens is 429 g/mol. The number of carboxylic acid groups (broad SMARTS) is 1. The second-order valence-electron chi connectivity index (χ2n) is 6.88. The van der Waals surface area contributed by atoms with Gasteiger partial charge in [-0.15, -0.1) is 10.2 Å². The maximum absolute atomic E-state index is 12.6. The van der Waals surface area contributed by atoms with Crippen LogP contribution in [-0.4, -0.2) is 103 Å². The Balaban J connectivity index is 0.00000240. The van der Waals surface area contributed by atoms with Gasteiger partial charge in [-0.2, -0.15) is 0 Å². The Labute approximate surface area is 196 Å². The summed E-state index contributed by atoms with van der Waals surface area (Å²) in [7, 11) is 0. The van der Waals surface area contributed by atoms with Crippen LogP contribution < -0.4 is 5.32 Å². The number of nitrogens with one attached hydrogen (secondary N) is 1. The van der Waals surface area contributed by atoms with Crippen LogP contribution in [0.4, 0.5) is 5.13 Å². The number of aromatic nitrogens is 2. The Kier molecular flexibility index (Phi) is 6.39. The molecule has 2 saturated heterocycles. The zero-order chi connectivity index (χ0) is 20.2. The predicted molar refractivity (Wildman–Crippen MR) is 107 cm³/mol. The zero-order valence-corrected chi connectivity index (χ0v) is 16.7. The molecule has 0 unspecified atom stereocenters. The van der Waals surface area contributed by atoms with E-state index >= 15 is 0 Å². The van der Waals surface area contributed by atoms with E-state index in [0.717, 1.165) is 0 Å². The van der Waals surface area contributed by atoms with Gasteiger partial charge in [0.25, 0.3) is 5.91 Å². The first kappa shape index (κ1) is 22.2. The van der Waals surface area contributed by atoms with Crippen LogP contribution in [-0.2, 0) is 19.2 Å². The molecule has 2 fully saturated rings. The molecule has 0 radical (unpaired) electrons. The number of aliphatic carboxylic acids is 1. The van der Waals surface area contributed by atoms with E-state index in [4.69, 9.17) is 0 Å². The second-order valence-corrected chi connectivity index (χ2v) is 9.08. The van der Waals surface area contributed by atoms with Crippen molar-refractivity contribution in [3.63, 3.8) is 0 Å². The molecule has 3 atom stereocenters. The van der Waals surface area contributed by atoms with Crippen molar-refractivity contribution in [3.05, 3.63) is 11.3 Å². The van der Waals surface area contributed by atoms with Crippen LogP contribution in [0.5, 0.6) is 0 Å². The van der Waals surface area contributed by atoms with Crippen LogP contribution in [0.1, 0.15) is 20.3 Å². The summed E-state index contributed by atoms with van der Waals surface area (Å²) in [6, 6.07) is -0.779. The fraction of sp³-hybridized carbons (Fsp3) is 0.500. The summed E-state index contributed by atoms with van der Waals surface area (Å²) in [6.45, 7) is 3.26. The molecule has 3 aliphatic heterocycles. The van der Waals surface area contributed by atoms with Gasteiger partial charge in [0.2, 0.25) is 16.9 Å². The van der Waals surface area contributed by atoms with Gasteiger partial charge >= 0.3 is 35.5 Å². The number of carbonyl (C=O) groups is 4. The van der Waals surface area contributed by atoms with E-state index in [1.54, 1.807) is 4.90 Å². The van der Waals surface area contributed by atoms with Gasteiger partial charge in [-0.3, -0.25) is 19.3 Å². The average molecular weight is 447 g/mol. The van der Waals surface area contributed by atoms with Gasteiger partial charge in [0.15, 0.2) is 4.34 Å². The van der Waals surface area contributed by atoms with Gasteiger partial charge in [-0.05, 0) is 12.0 Å². The van der Waals surface area contributed by atoms with E-state index in [0.29, 0.717) is 33.8 Å². The number of likely N-dealkylation sites (tertiary alicyclic amines) is 1. The first-order valence-electron chi connectivity index (χ1n) is 8.57. The molecule has 3 aliphatic rings. The zero-order valence-electron chi connectivity index (χ0n) is 15.0. The van der Waals surface area contributed by atoms with Gasteiger partial charge in [0, 0.05) is 32.1 Å². The van der Waals surface area contributed by atoms with Gasteiger partial charge < -0.3 is 15.3 Å². The second kappa shape index (κ2) is 8.34. The van der Waals surface area contributed by atoms with E-state index in [1.165, 1.54) is 41.8 Å². The van der Waals surface area contributed by atoms with Gasteiger partial charge in [-0.1, -0.05) is 23.1 Å². The summed E-state index contributed by atoms with van der Waals surface area (Å²) in [5.74, 6) is -1.50. The molecule has 29 heavy (non-hydrogen) atoms. The van der Waals surface area contributed by atoms with Crippen LogP contribution in [0, 0.1) is 5.92 Å². The first-order valence-corrected chi connectivity index (χ1v) is 10.4. The number of β-lactam (4-membered cyclic amide) rings is 1. The van der Waals surface area contributed by atoms with Crippen molar-refractivity contribution in [2.75, 3.05) is 17.6 Å². The van der Waals surface area contributed by atoms with Crippen molar-refractivity contribution in [1.29, 1.82) is 0 Å². The van der Waals surface area contributed by atoms with Crippen molar-refractivity contribution >= 4 is 81.5 Å². The van der Waals surface area contributed by atoms with E-state index in [-0.39, 0.29) is 64.9 Å². The number of hydrogen-bond acceptors (Lipinski definition) is 8. The number of amides is 3. The van der Waals surface area contributed by atoms with Gasteiger partial charge in [0.05, 0.1) is 6.04 Å². The van der Waals surface area contributed by atoms with Crippen LogP contribution in [0.2, 0.25) is 0 Å². The quantitative estimate of drug-likeness (QED) is 0.273. The van der Waals surface area contributed by atoms with Crippen molar-refractivity contribution in [2.24, 2.45) is 5.92 Å². The summed E-state index contributed by atoms with van der Waals surface area (Å²) >= 11 is 2.51. The fourth-order valence-electron chi connectivity index (χ4n) is 4.11. The topological polar surface area (TPSA) is 133 Å². The molecule has 0 aromatic carbocycles. The summed E-state index contributed by atoms with van der Waals surface area (Å²) < 4.78 is 0.590. The molecule has 4 rings (SSSR count). The van der Waals surface area contributed by atoms with E-state index in [2.05, 4.69) is 15.5 Å². The third kappa shape index (κ3) is 3.83. The predicted octanol–water partition coefficient (Wildman–Crippen LogP) is -0.260. The average Bonchev–Trinajstić information content (AvgIpc) is 3.20. The number of rotatable bonds is 5. The first-order chi connectivity index (χ1) is 13.3. The molecule has 1 aromatic heterocycles.